The van der Waals surface area contributed by atoms with Crippen molar-refractivity contribution in [3.05, 3.63) is 52.1 Å². The molecule has 1 heterocycles. The van der Waals surface area contributed by atoms with Crippen molar-refractivity contribution < 1.29 is 9.59 Å². The van der Waals surface area contributed by atoms with Crippen molar-refractivity contribution in [2.45, 2.75) is 16.6 Å². The number of thioether (sulfide) groups is 1. The predicted molar refractivity (Wildman–Crippen MR) is 96.8 cm³/mol. The van der Waals surface area contributed by atoms with E-state index in [1.807, 2.05) is 30.3 Å². The van der Waals surface area contributed by atoms with Crippen molar-refractivity contribution in [2.75, 3.05) is 10.6 Å². The zero-order chi connectivity index (χ0) is 15.7. The largest absolute Gasteiger partial charge is 0.398 e. The molecule has 0 aliphatic carbocycles. The molecule has 0 saturated carbocycles. The van der Waals surface area contributed by atoms with Gasteiger partial charge in [0.05, 0.1) is 10.9 Å². The molecular weight excluding hydrogens is 411 g/mol. The van der Waals surface area contributed by atoms with E-state index >= 15 is 0 Å². The highest BCUT2D eigenvalue weighted by atomic mass is 127. The lowest BCUT2D eigenvalue weighted by Crippen LogP contribution is -2.31. The van der Waals surface area contributed by atoms with Crippen LogP contribution in [0.3, 0.4) is 0 Å². The normalized spacial score (nSPS) is 18.0. The van der Waals surface area contributed by atoms with Crippen molar-refractivity contribution in [3.8, 4) is 0 Å². The topological polar surface area (TPSA) is 63.4 Å². The van der Waals surface area contributed by atoms with E-state index in [0.29, 0.717) is 11.4 Å². The van der Waals surface area contributed by atoms with Gasteiger partial charge < -0.3 is 5.73 Å². The number of nitrogens with zero attached hydrogens (tertiary/aromatic N) is 1. The van der Waals surface area contributed by atoms with Gasteiger partial charge in [-0.15, -0.1) is 11.8 Å². The Labute approximate surface area is 146 Å². The summed E-state index contributed by atoms with van der Waals surface area (Å²) >= 11 is 3.54. The number of hydrogen-bond donors (Lipinski definition) is 1. The fourth-order valence-corrected chi connectivity index (χ4v) is 3.76. The number of carbonyl (C=O) groups is 2. The number of halogens is 1. The molecule has 112 valence electrons. The molecule has 6 heteroatoms. The van der Waals surface area contributed by atoms with Crippen LogP contribution in [0.25, 0.3) is 0 Å². The van der Waals surface area contributed by atoms with Crippen molar-refractivity contribution >= 4 is 57.5 Å². The standard InChI is InChI=1S/C16H13IN2O2S/c17-10-5-7-11(8-6-10)19-15(20)9-14(16(19)21)22-13-4-2-1-3-12(13)18/h1-8,14H,9,18H2. The van der Waals surface area contributed by atoms with Gasteiger partial charge in [-0.1, -0.05) is 12.1 Å². The molecule has 1 atom stereocenters. The molecule has 1 saturated heterocycles. The first-order chi connectivity index (χ1) is 10.6. The fourth-order valence-electron chi connectivity index (χ4n) is 2.30. The third-order valence-electron chi connectivity index (χ3n) is 3.38. The lowest BCUT2D eigenvalue weighted by atomic mass is 10.3. The lowest BCUT2D eigenvalue weighted by Gasteiger charge is -2.15. The van der Waals surface area contributed by atoms with Gasteiger partial charge in [0, 0.05) is 20.6 Å². The van der Waals surface area contributed by atoms with E-state index in [1.165, 1.54) is 16.7 Å². The molecule has 2 aromatic rings. The number of imide groups is 1. The second-order valence-corrected chi connectivity index (χ2v) is 7.38. The molecule has 1 aliphatic heterocycles. The van der Waals surface area contributed by atoms with Gasteiger partial charge in [-0.2, -0.15) is 0 Å². The number of amides is 2. The maximum absolute atomic E-state index is 12.6. The Kier molecular flexibility index (Phi) is 4.39. The number of nitrogen functional groups attached to an aromatic ring is 1. The smallest absolute Gasteiger partial charge is 0.247 e. The summed E-state index contributed by atoms with van der Waals surface area (Å²) in [5, 5.41) is -0.420. The Morgan fingerprint density at radius 3 is 2.45 bits per heavy atom. The van der Waals surface area contributed by atoms with Crippen molar-refractivity contribution in [1.82, 2.24) is 0 Å². The number of carbonyl (C=O) groups excluding carboxylic acids is 2. The highest BCUT2D eigenvalue weighted by Gasteiger charge is 2.40. The van der Waals surface area contributed by atoms with Gasteiger partial charge in [0.25, 0.3) is 0 Å². The Bertz CT molecular complexity index is 733. The number of anilines is 2. The molecule has 0 aromatic heterocycles. The summed E-state index contributed by atoms with van der Waals surface area (Å²) in [6.07, 6.45) is 0.198. The molecular formula is C16H13IN2O2S. The van der Waals surface area contributed by atoms with Crippen molar-refractivity contribution in [2.24, 2.45) is 0 Å². The summed E-state index contributed by atoms with van der Waals surface area (Å²) in [6.45, 7) is 0. The molecule has 0 radical (unpaired) electrons. The predicted octanol–water partition coefficient (Wildman–Crippen LogP) is 3.30. The molecule has 2 N–H and O–H groups in total. The average molecular weight is 424 g/mol. The second kappa shape index (κ2) is 6.29. The van der Waals surface area contributed by atoms with Gasteiger partial charge in [0.1, 0.15) is 0 Å². The Morgan fingerprint density at radius 2 is 1.77 bits per heavy atom. The summed E-state index contributed by atoms with van der Waals surface area (Å²) < 4.78 is 1.06. The van der Waals surface area contributed by atoms with Gasteiger partial charge in [-0.3, -0.25) is 9.59 Å². The molecule has 4 nitrogen and oxygen atoms in total. The lowest BCUT2D eigenvalue weighted by molar-refractivity contribution is -0.121. The van der Waals surface area contributed by atoms with Crippen LogP contribution in [0.15, 0.2) is 53.4 Å². The highest BCUT2D eigenvalue weighted by molar-refractivity contribution is 14.1. The highest BCUT2D eigenvalue weighted by Crippen LogP contribution is 2.36. The van der Waals surface area contributed by atoms with Crippen LogP contribution in [0.4, 0.5) is 11.4 Å². The molecule has 0 bridgehead atoms. The third kappa shape index (κ3) is 2.98. The summed E-state index contributed by atoms with van der Waals surface area (Å²) in [6, 6.07) is 14.7. The molecule has 2 aromatic carbocycles. The number of hydrogen-bond acceptors (Lipinski definition) is 4. The monoisotopic (exact) mass is 424 g/mol. The minimum atomic E-state index is -0.420. The van der Waals surface area contributed by atoms with E-state index in [0.717, 1.165) is 8.47 Å². The quantitative estimate of drug-likeness (QED) is 0.467. The molecule has 3 rings (SSSR count). The fraction of sp³-hybridized carbons (Fsp3) is 0.125. The first-order valence-electron chi connectivity index (χ1n) is 6.70. The van der Waals surface area contributed by atoms with Crippen molar-refractivity contribution in [3.63, 3.8) is 0 Å². The van der Waals surface area contributed by atoms with Crippen LogP contribution < -0.4 is 10.6 Å². The molecule has 1 aliphatic rings. The number of para-hydroxylation sites is 1. The van der Waals surface area contributed by atoms with Crippen LogP contribution in [0.2, 0.25) is 0 Å². The van der Waals surface area contributed by atoms with E-state index in [1.54, 1.807) is 18.2 Å². The molecule has 2 amide bonds. The Morgan fingerprint density at radius 1 is 1.09 bits per heavy atom. The minimum Gasteiger partial charge on any atom is -0.398 e. The summed E-state index contributed by atoms with van der Waals surface area (Å²) in [4.78, 5) is 26.9. The molecule has 0 spiro atoms. The minimum absolute atomic E-state index is 0.168. The van der Waals surface area contributed by atoms with Gasteiger partial charge >= 0.3 is 0 Å². The van der Waals surface area contributed by atoms with Crippen LogP contribution in [0.5, 0.6) is 0 Å². The Balaban J connectivity index is 1.82. The summed E-state index contributed by atoms with van der Waals surface area (Å²) in [7, 11) is 0. The number of nitrogens with two attached hydrogens (primary N) is 1. The van der Waals surface area contributed by atoms with Gasteiger partial charge in [-0.05, 0) is 59.0 Å². The second-order valence-electron chi connectivity index (χ2n) is 4.89. The average Bonchev–Trinajstić information content (AvgIpc) is 2.77. The molecule has 1 fully saturated rings. The van der Waals surface area contributed by atoms with E-state index in [4.69, 9.17) is 5.73 Å². The zero-order valence-electron chi connectivity index (χ0n) is 11.5. The third-order valence-corrected chi connectivity index (χ3v) is 5.38. The van der Waals surface area contributed by atoms with Crippen LogP contribution in [-0.4, -0.2) is 17.1 Å². The first kappa shape index (κ1) is 15.4. The Hall–Kier alpha value is -1.54. The number of rotatable bonds is 3. The number of benzene rings is 2. The zero-order valence-corrected chi connectivity index (χ0v) is 14.5. The van der Waals surface area contributed by atoms with E-state index in [2.05, 4.69) is 22.6 Å². The van der Waals surface area contributed by atoms with Crippen LogP contribution >= 0.6 is 34.4 Å². The molecule has 22 heavy (non-hydrogen) atoms. The summed E-state index contributed by atoms with van der Waals surface area (Å²) in [5.74, 6) is -0.349. The van der Waals surface area contributed by atoms with Crippen molar-refractivity contribution in [1.29, 1.82) is 0 Å². The first-order valence-corrected chi connectivity index (χ1v) is 8.65. The van der Waals surface area contributed by atoms with Gasteiger partial charge in [0.2, 0.25) is 11.8 Å². The summed E-state index contributed by atoms with van der Waals surface area (Å²) in [5.41, 5.74) is 7.16. The van der Waals surface area contributed by atoms with Crippen LogP contribution in [0, 0.1) is 3.57 Å². The maximum Gasteiger partial charge on any atom is 0.247 e. The van der Waals surface area contributed by atoms with Gasteiger partial charge in [0.15, 0.2) is 0 Å². The van der Waals surface area contributed by atoms with Crippen LogP contribution in [-0.2, 0) is 9.59 Å². The van der Waals surface area contributed by atoms with E-state index in [-0.39, 0.29) is 18.2 Å². The van der Waals surface area contributed by atoms with E-state index in [9.17, 15) is 9.59 Å². The van der Waals surface area contributed by atoms with E-state index < -0.39 is 5.25 Å². The van der Waals surface area contributed by atoms with Gasteiger partial charge in [-0.25, -0.2) is 4.90 Å². The molecule has 1 unspecified atom stereocenters. The SMILES string of the molecule is Nc1ccccc1SC1CC(=O)N(c2ccc(I)cc2)C1=O. The maximum atomic E-state index is 12.6. The van der Waals surface area contributed by atoms with Crippen LogP contribution in [0.1, 0.15) is 6.42 Å².